The number of hydrogen-bond donors (Lipinski definition) is 2. The van der Waals surface area contributed by atoms with Gasteiger partial charge >= 0.3 is 5.97 Å². The zero-order valence-electron chi connectivity index (χ0n) is 17.0. The van der Waals surface area contributed by atoms with Crippen molar-refractivity contribution >= 4 is 17.6 Å². The molecule has 0 aliphatic heterocycles. The molecule has 3 aromatic rings. The quantitative estimate of drug-likeness (QED) is 0.511. The van der Waals surface area contributed by atoms with Crippen molar-refractivity contribution in [3.8, 4) is 17.2 Å². The van der Waals surface area contributed by atoms with Crippen LogP contribution in [0.15, 0.2) is 78.9 Å². The van der Waals surface area contributed by atoms with Crippen LogP contribution in [0.1, 0.15) is 5.56 Å². The van der Waals surface area contributed by atoms with E-state index in [9.17, 15) is 9.59 Å². The summed E-state index contributed by atoms with van der Waals surface area (Å²) >= 11 is 0. The monoisotopic (exact) mass is 421 g/mol. The van der Waals surface area contributed by atoms with Gasteiger partial charge in [-0.15, -0.1) is 0 Å². The number of carboxylic acid groups (broad SMARTS) is 1. The predicted octanol–water partition coefficient (Wildman–Crippen LogP) is 4.14. The summed E-state index contributed by atoms with van der Waals surface area (Å²) in [6, 6.07) is 23.3. The third-order valence-electron chi connectivity index (χ3n) is 4.39. The molecule has 0 heterocycles. The molecule has 0 spiro atoms. The van der Waals surface area contributed by atoms with Gasteiger partial charge in [-0.1, -0.05) is 30.3 Å². The van der Waals surface area contributed by atoms with E-state index in [1.165, 1.54) is 7.11 Å². The van der Waals surface area contributed by atoms with Gasteiger partial charge in [0.05, 0.1) is 0 Å². The molecule has 31 heavy (non-hydrogen) atoms. The Morgan fingerprint density at radius 2 is 1.48 bits per heavy atom. The molecule has 3 rings (SSSR count). The number of amides is 1. The summed E-state index contributed by atoms with van der Waals surface area (Å²) in [6.45, 7) is -0.155. The summed E-state index contributed by atoms with van der Waals surface area (Å²) in [4.78, 5) is 23.2. The van der Waals surface area contributed by atoms with Crippen LogP contribution >= 0.6 is 0 Å². The number of carbonyl (C=O) groups is 2. The Bertz CT molecular complexity index is 987. The van der Waals surface area contributed by atoms with Gasteiger partial charge < -0.3 is 24.6 Å². The molecule has 0 saturated heterocycles. The van der Waals surface area contributed by atoms with Crippen molar-refractivity contribution in [2.45, 2.75) is 12.5 Å². The Hall–Kier alpha value is -3.84. The number of benzene rings is 3. The molecule has 0 aromatic heterocycles. The second kappa shape index (κ2) is 10.8. The molecule has 0 unspecified atom stereocenters. The molecule has 1 atom stereocenters. The first-order chi connectivity index (χ1) is 15.0. The minimum Gasteiger partial charge on any atom is -0.484 e. The molecule has 7 nitrogen and oxygen atoms in total. The van der Waals surface area contributed by atoms with E-state index in [4.69, 9.17) is 19.3 Å². The highest BCUT2D eigenvalue weighted by Crippen LogP contribution is 2.22. The van der Waals surface area contributed by atoms with E-state index in [1.807, 2.05) is 30.3 Å². The van der Waals surface area contributed by atoms with Gasteiger partial charge in [0.2, 0.25) is 0 Å². The van der Waals surface area contributed by atoms with E-state index in [1.54, 1.807) is 48.5 Å². The van der Waals surface area contributed by atoms with Crippen LogP contribution in [-0.2, 0) is 20.7 Å². The summed E-state index contributed by atoms with van der Waals surface area (Å²) in [5, 5.41) is 11.8. The number of para-hydroxylation sites is 1. The average Bonchev–Trinajstić information content (AvgIpc) is 2.78. The van der Waals surface area contributed by atoms with Crippen molar-refractivity contribution in [2.75, 3.05) is 19.0 Å². The molecule has 2 N–H and O–H groups in total. The lowest BCUT2D eigenvalue weighted by Crippen LogP contribution is -2.24. The van der Waals surface area contributed by atoms with Crippen LogP contribution in [0, 0.1) is 0 Å². The molecule has 0 saturated carbocycles. The lowest BCUT2D eigenvalue weighted by molar-refractivity contribution is -0.148. The molecular formula is C24H23NO6. The lowest BCUT2D eigenvalue weighted by atomic mass is 10.1. The first-order valence-electron chi connectivity index (χ1n) is 9.63. The normalized spacial score (nSPS) is 11.4. The smallest absolute Gasteiger partial charge is 0.333 e. The number of ether oxygens (including phenoxy) is 3. The molecule has 160 valence electrons. The van der Waals surface area contributed by atoms with Gasteiger partial charge in [0.15, 0.2) is 12.7 Å². The minimum atomic E-state index is -1.01. The Kier molecular flexibility index (Phi) is 7.61. The zero-order valence-corrected chi connectivity index (χ0v) is 17.0. The van der Waals surface area contributed by atoms with Crippen molar-refractivity contribution in [3.63, 3.8) is 0 Å². The van der Waals surface area contributed by atoms with Crippen molar-refractivity contribution in [3.05, 3.63) is 84.4 Å². The standard InChI is InChI=1S/C24H23NO6/c1-29-22(24(27)28)15-17-7-11-19(12-8-17)30-16-23(26)25-18-9-13-21(14-10-18)31-20-5-3-2-4-6-20/h2-14,22H,15-16H2,1H3,(H,25,26)(H,27,28)/t22-/m0/s1. The van der Waals surface area contributed by atoms with Crippen molar-refractivity contribution in [1.29, 1.82) is 0 Å². The average molecular weight is 421 g/mol. The van der Waals surface area contributed by atoms with Gasteiger partial charge in [-0.2, -0.15) is 0 Å². The lowest BCUT2D eigenvalue weighted by Gasteiger charge is -2.11. The summed E-state index contributed by atoms with van der Waals surface area (Å²) in [6.07, 6.45) is -0.654. The number of hydrogen-bond acceptors (Lipinski definition) is 5. The molecule has 3 aromatic carbocycles. The van der Waals surface area contributed by atoms with Gasteiger partial charge in [0, 0.05) is 19.2 Å². The van der Waals surface area contributed by atoms with E-state index >= 15 is 0 Å². The van der Waals surface area contributed by atoms with Gasteiger partial charge in [0.1, 0.15) is 17.2 Å². The molecule has 0 aliphatic carbocycles. The molecule has 0 aliphatic rings. The van der Waals surface area contributed by atoms with E-state index in [2.05, 4.69) is 5.32 Å². The zero-order chi connectivity index (χ0) is 22.1. The fraction of sp³-hybridized carbons (Fsp3) is 0.167. The maximum atomic E-state index is 12.1. The highest BCUT2D eigenvalue weighted by Gasteiger charge is 2.16. The molecule has 7 heteroatoms. The first-order valence-corrected chi connectivity index (χ1v) is 9.63. The van der Waals surface area contributed by atoms with Crippen LogP contribution in [0.2, 0.25) is 0 Å². The second-order valence-corrected chi connectivity index (χ2v) is 6.69. The fourth-order valence-electron chi connectivity index (χ4n) is 2.78. The van der Waals surface area contributed by atoms with Gasteiger partial charge in [0.25, 0.3) is 5.91 Å². The Morgan fingerprint density at radius 1 is 0.871 bits per heavy atom. The number of methoxy groups -OCH3 is 1. The highest BCUT2D eigenvalue weighted by atomic mass is 16.5. The van der Waals surface area contributed by atoms with Crippen LogP contribution in [0.3, 0.4) is 0 Å². The number of aliphatic carboxylic acids is 1. The third kappa shape index (κ3) is 6.87. The van der Waals surface area contributed by atoms with Gasteiger partial charge in [-0.3, -0.25) is 4.79 Å². The van der Waals surface area contributed by atoms with Crippen LogP contribution in [-0.4, -0.2) is 36.8 Å². The summed E-state index contributed by atoms with van der Waals surface area (Å²) in [7, 11) is 1.36. The van der Waals surface area contributed by atoms with Gasteiger partial charge in [-0.25, -0.2) is 4.79 Å². The Labute approximate surface area is 180 Å². The van der Waals surface area contributed by atoms with E-state index in [0.29, 0.717) is 17.2 Å². The summed E-state index contributed by atoms with van der Waals surface area (Å²) < 4.78 is 16.1. The van der Waals surface area contributed by atoms with Crippen LogP contribution in [0.25, 0.3) is 0 Å². The van der Waals surface area contributed by atoms with Crippen molar-refractivity contribution in [1.82, 2.24) is 0 Å². The number of nitrogens with one attached hydrogen (secondary N) is 1. The van der Waals surface area contributed by atoms with E-state index < -0.39 is 12.1 Å². The van der Waals surface area contributed by atoms with Crippen molar-refractivity contribution < 1.29 is 28.9 Å². The maximum Gasteiger partial charge on any atom is 0.333 e. The molecular weight excluding hydrogens is 398 g/mol. The molecule has 1 amide bonds. The topological polar surface area (TPSA) is 94.1 Å². The Balaban J connectivity index is 1.46. The molecule has 0 fully saturated rings. The van der Waals surface area contributed by atoms with Crippen LogP contribution in [0.4, 0.5) is 5.69 Å². The largest absolute Gasteiger partial charge is 0.484 e. The SMILES string of the molecule is CO[C@@H](Cc1ccc(OCC(=O)Nc2ccc(Oc3ccccc3)cc2)cc1)C(=O)O. The minimum absolute atomic E-state index is 0.155. The van der Waals surface area contributed by atoms with E-state index in [-0.39, 0.29) is 18.9 Å². The number of rotatable bonds is 10. The molecule has 0 radical (unpaired) electrons. The number of anilines is 1. The first kappa shape index (κ1) is 21.9. The maximum absolute atomic E-state index is 12.1. The third-order valence-corrected chi connectivity index (χ3v) is 4.39. The van der Waals surface area contributed by atoms with Crippen LogP contribution < -0.4 is 14.8 Å². The summed E-state index contributed by atoms with van der Waals surface area (Å²) in [5.74, 6) is 0.596. The van der Waals surface area contributed by atoms with E-state index in [0.717, 1.165) is 11.3 Å². The highest BCUT2D eigenvalue weighted by molar-refractivity contribution is 5.91. The van der Waals surface area contributed by atoms with Crippen molar-refractivity contribution in [2.24, 2.45) is 0 Å². The molecule has 0 bridgehead atoms. The summed E-state index contributed by atoms with van der Waals surface area (Å²) in [5.41, 5.74) is 1.42. The number of carbonyl (C=O) groups excluding carboxylic acids is 1. The number of carboxylic acids is 1. The fourth-order valence-corrected chi connectivity index (χ4v) is 2.78. The predicted molar refractivity (Wildman–Crippen MR) is 116 cm³/mol. The second-order valence-electron chi connectivity index (χ2n) is 6.69. The van der Waals surface area contributed by atoms with Crippen LogP contribution in [0.5, 0.6) is 17.2 Å². The Morgan fingerprint density at radius 3 is 2.10 bits per heavy atom. The van der Waals surface area contributed by atoms with Gasteiger partial charge in [-0.05, 0) is 54.1 Å².